The predicted octanol–water partition coefficient (Wildman–Crippen LogP) is 2.11. The maximum Gasteiger partial charge on any atom is 0.220 e. The Kier molecular flexibility index (Phi) is 11.4. The van der Waals surface area contributed by atoms with Crippen LogP contribution in [0, 0.1) is 0 Å². The number of nitrogens with two attached hydrogens (primary N) is 1. The average Bonchev–Trinajstić information content (AvgIpc) is 2.52. The summed E-state index contributed by atoms with van der Waals surface area (Å²) in [6, 6.07) is 0.0925. The van der Waals surface area contributed by atoms with Crippen LogP contribution in [0.4, 0.5) is 0 Å². The molecule has 1 atom stereocenters. The third kappa shape index (κ3) is 7.14. The molecule has 0 aromatic heterocycles. The fraction of sp³-hybridized carbons (Fsp3) is 0.938. The zero-order valence-corrected chi connectivity index (χ0v) is 15.9. The smallest absolute Gasteiger partial charge is 0.220 e. The molecule has 2 saturated heterocycles. The van der Waals surface area contributed by atoms with Crippen molar-refractivity contribution in [2.75, 3.05) is 32.8 Å². The van der Waals surface area contributed by atoms with E-state index in [1.165, 1.54) is 19.3 Å². The van der Waals surface area contributed by atoms with Gasteiger partial charge in [0.1, 0.15) is 0 Å². The van der Waals surface area contributed by atoms with Crippen molar-refractivity contribution in [3.63, 3.8) is 0 Å². The van der Waals surface area contributed by atoms with Gasteiger partial charge in [-0.05, 0) is 52.1 Å². The number of halogens is 2. The third-order valence-corrected chi connectivity index (χ3v) is 4.89. The molecule has 5 nitrogen and oxygen atoms in total. The van der Waals surface area contributed by atoms with Crippen LogP contribution in [0.3, 0.4) is 0 Å². The molecule has 1 unspecified atom stereocenters. The van der Waals surface area contributed by atoms with Gasteiger partial charge in [0.15, 0.2) is 0 Å². The summed E-state index contributed by atoms with van der Waals surface area (Å²) in [5.74, 6) is 0.134. The minimum Gasteiger partial charge on any atom is -0.381 e. The zero-order valence-electron chi connectivity index (χ0n) is 14.2. The number of ether oxygens (including phenoxy) is 1. The second-order valence-corrected chi connectivity index (χ2v) is 6.68. The Morgan fingerprint density at radius 3 is 2.39 bits per heavy atom. The number of amides is 1. The first-order chi connectivity index (χ1) is 10.1. The molecule has 2 aliphatic rings. The van der Waals surface area contributed by atoms with Gasteiger partial charge >= 0.3 is 0 Å². The number of carbonyl (C=O) groups is 1. The third-order valence-electron chi connectivity index (χ3n) is 4.89. The molecule has 0 spiro atoms. The van der Waals surface area contributed by atoms with Crippen LogP contribution >= 0.6 is 24.8 Å². The molecule has 2 fully saturated rings. The Labute approximate surface area is 152 Å². The van der Waals surface area contributed by atoms with E-state index in [0.29, 0.717) is 6.42 Å². The molecule has 2 rings (SSSR count). The monoisotopic (exact) mass is 369 g/mol. The highest BCUT2D eigenvalue weighted by molar-refractivity contribution is 5.85. The average molecular weight is 370 g/mol. The van der Waals surface area contributed by atoms with Gasteiger partial charge in [0.2, 0.25) is 5.91 Å². The number of rotatable bonds is 6. The summed E-state index contributed by atoms with van der Waals surface area (Å²) >= 11 is 0. The number of nitrogens with one attached hydrogen (secondary N) is 1. The maximum atomic E-state index is 12.0. The number of hydrogen-bond acceptors (Lipinski definition) is 4. The molecule has 0 radical (unpaired) electrons. The van der Waals surface area contributed by atoms with Crippen LogP contribution in [0.25, 0.3) is 0 Å². The molecule has 138 valence electrons. The van der Waals surface area contributed by atoms with Crippen molar-refractivity contribution < 1.29 is 9.53 Å². The van der Waals surface area contributed by atoms with Gasteiger partial charge in [-0.3, -0.25) is 9.69 Å². The number of hydrogen-bond donors (Lipinski definition) is 2. The van der Waals surface area contributed by atoms with Crippen molar-refractivity contribution in [2.24, 2.45) is 5.73 Å². The topological polar surface area (TPSA) is 67.6 Å². The minimum atomic E-state index is 0. The first-order valence-electron chi connectivity index (χ1n) is 8.47. The summed E-state index contributed by atoms with van der Waals surface area (Å²) < 4.78 is 5.55. The van der Waals surface area contributed by atoms with Gasteiger partial charge in [-0.25, -0.2) is 0 Å². The highest BCUT2D eigenvalue weighted by atomic mass is 35.5. The Hall–Kier alpha value is -0.0700. The van der Waals surface area contributed by atoms with Crippen LogP contribution < -0.4 is 11.1 Å². The molecule has 0 saturated carbocycles. The van der Waals surface area contributed by atoms with Gasteiger partial charge < -0.3 is 15.8 Å². The second kappa shape index (κ2) is 11.5. The largest absolute Gasteiger partial charge is 0.381 e. The van der Waals surface area contributed by atoms with Crippen LogP contribution in [0.15, 0.2) is 0 Å². The van der Waals surface area contributed by atoms with Crippen LogP contribution in [0.2, 0.25) is 0 Å². The van der Waals surface area contributed by atoms with Gasteiger partial charge in [-0.2, -0.15) is 0 Å². The lowest BCUT2D eigenvalue weighted by atomic mass is 9.86. The van der Waals surface area contributed by atoms with Crippen molar-refractivity contribution in [3.05, 3.63) is 0 Å². The summed E-state index contributed by atoms with van der Waals surface area (Å²) in [6.07, 6.45) is 7.24. The van der Waals surface area contributed by atoms with E-state index in [1.54, 1.807) is 0 Å². The van der Waals surface area contributed by atoms with E-state index in [0.717, 1.165) is 52.1 Å². The lowest BCUT2D eigenvalue weighted by Gasteiger charge is -2.48. The van der Waals surface area contributed by atoms with Gasteiger partial charge in [0.05, 0.1) is 0 Å². The number of piperidine rings is 1. The van der Waals surface area contributed by atoms with Gasteiger partial charge in [-0.1, -0.05) is 6.42 Å². The number of nitrogens with zero attached hydrogens (tertiary/aromatic N) is 1. The zero-order chi connectivity index (χ0) is 15.1. The van der Waals surface area contributed by atoms with E-state index in [1.807, 2.05) is 6.92 Å². The van der Waals surface area contributed by atoms with Crippen LogP contribution in [0.5, 0.6) is 0 Å². The molecule has 0 aromatic carbocycles. The first kappa shape index (κ1) is 22.9. The highest BCUT2D eigenvalue weighted by Crippen LogP contribution is 2.30. The van der Waals surface area contributed by atoms with Gasteiger partial charge in [0, 0.05) is 37.8 Å². The van der Waals surface area contributed by atoms with Crippen LogP contribution in [-0.2, 0) is 9.53 Å². The summed E-state index contributed by atoms with van der Waals surface area (Å²) in [5, 5.41) is 3.15. The molecule has 2 aliphatic heterocycles. The van der Waals surface area contributed by atoms with Crippen molar-refractivity contribution in [2.45, 2.75) is 63.5 Å². The van der Waals surface area contributed by atoms with Gasteiger partial charge in [-0.15, -0.1) is 24.8 Å². The molecule has 23 heavy (non-hydrogen) atoms. The van der Waals surface area contributed by atoms with Crippen molar-refractivity contribution in [3.8, 4) is 0 Å². The molecule has 0 aliphatic carbocycles. The van der Waals surface area contributed by atoms with Crippen molar-refractivity contribution in [1.29, 1.82) is 0 Å². The Bertz CT molecular complexity index is 331. The fourth-order valence-corrected chi connectivity index (χ4v) is 3.43. The Morgan fingerprint density at radius 2 is 1.83 bits per heavy atom. The lowest BCUT2D eigenvalue weighted by Crippen LogP contribution is -2.59. The fourth-order valence-electron chi connectivity index (χ4n) is 3.43. The maximum absolute atomic E-state index is 12.0. The van der Waals surface area contributed by atoms with E-state index in [9.17, 15) is 4.79 Å². The van der Waals surface area contributed by atoms with Crippen LogP contribution in [0.1, 0.15) is 51.9 Å². The number of carbonyl (C=O) groups excluding carboxylic acids is 1. The Balaban J connectivity index is 0.00000242. The summed E-state index contributed by atoms with van der Waals surface area (Å²) in [5.41, 5.74) is 5.83. The standard InChI is InChI=1S/C16H31N3O2.2ClH/c1-14(17)5-6-15(20)18-13-16(7-11-21-12-8-16)19-9-3-2-4-10-19;;/h14H,2-13,17H2,1H3,(H,18,20);2*1H. The molecule has 2 heterocycles. The Morgan fingerprint density at radius 1 is 1.22 bits per heavy atom. The predicted molar refractivity (Wildman–Crippen MR) is 98.6 cm³/mol. The summed E-state index contributed by atoms with van der Waals surface area (Å²) in [4.78, 5) is 14.6. The van der Waals surface area contributed by atoms with E-state index in [2.05, 4.69) is 10.2 Å². The quantitative estimate of drug-likeness (QED) is 0.752. The van der Waals surface area contributed by atoms with E-state index in [-0.39, 0.29) is 42.3 Å². The lowest BCUT2D eigenvalue weighted by molar-refractivity contribution is -0.122. The van der Waals surface area contributed by atoms with Crippen LogP contribution in [-0.4, -0.2) is 55.2 Å². The minimum absolute atomic E-state index is 0. The highest BCUT2D eigenvalue weighted by Gasteiger charge is 2.39. The molecule has 7 heteroatoms. The van der Waals surface area contributed by atoms with E-state index < -0.39 is 0 Å². The molecular formula is C16H33Cl2N3O2. The molecular weight excluding hydrogens is 337 g/mol. The second-order valence-electron chi connectivity index (χ2n) is 6.68. The van der Waals surface area contributed by atoms with E-state index >= 15 is 0 Å². The molecule has 3 N–H and O–H groups in total. The molecule has 0 bridgehead atoms. The SMILES string of the molecule is CC(N)CCC(=O)NCC1(N2CCCCC2)CCOCC1.Cl.Cl. The van der Waals surface area contributed by atoms with Gasteiger partial charge in [0.25, 0.3) is 0 Å². The summed E-state index contributed by atoms with van der Waals surface area (Å²) in [6.45, 7) is 6.65. The first-order valence-corrected chi connectivity index (χ1v) is 8.47. The van der Waals surface area contributed by atoms with Crippen molar-refractivity contribution in [1.82, 2.24) is 10.2 Å². The number of likely N-dealkylation sites (tertiary alicyclic amines) is 1. The van der Waals surface area contributed by atoms with Crippen molar-refractivity contribution >= 4 is 30.7 Å². The summed E-state index contributed by atoms with van der Waals surface area (Å²) in [7, 11) is 0. The van der Waals surface area contributed by atoms with E-state index in [4.69, 9.17) is 10.5 Å². The molecule has 0 aromatic rings. The normalized spacial score (nSPS) is 22.3. The molecule has 1 amide bonds.